The molecule has 2 aromatic heterocycles. The molecule has 0 saturated carbocycles. The van der Waals surface area contributed by atoms with Gasteiger partial charge in [-0.3, -0.25) is 0 Å². The maximum Gasteiger partial charge on any atom is 0.214 e. The summed E-state index contributed by atoms with van der Waals surface area (Å²) in [4.78, 5) is 5.41. The summed E-state index contributed by atoms with van der Waals surface area (Å²) in [6.45, 7) is 0. The van der Waals surface area contributed by atoms with E-state index in [9.17, 15) is 4.39 Å². The average molecular weight is 314 g/mol. The lowest BCUT2D eigenvalue weighted by Crippen LogP contribution is -2.20. The van der Waals surface area contributed by atoms with Crippen molar-refractivity contribution < 1.29 is 4.39 Å². The van der Waals surface area contributed by atoms with Crippen molar-refractivity contribution >= 4 is 21.4 Å². The quantitative estimate of drug-likeness (QED) is 0.740. The van der Waals surface area contributed by atoms with Crippen LogP contribution in [0.1, 0.15) is 19.3 Å². The van der Waals surface area contributed by atoms with Gasteiger partial charge in [-0.25, -0.2) is 13.9 Å². The zero-order valence-corrected chi connectivity index (χ0v) is 12.7. The van der Waals surface area contributed by atoms with E-state index in [1.165, 1.54) is 12.1 Å². The topological polar surface area (TPSA) is 42.2 Å². The Bertz CT molecular complexity index is 787. The molecule has 0 aliphatic heterocycles. The van der Waals surface area contributed by atoms with Crippen LogP contribution in [-0.4, -0.2) is 20.6 Å². The average Bonchev–Trinajstić information content (AvgIpc) is 3.07. The van der Waals surface area contributed by atoms with Crippen LogP contribution in [0.2, 0.25) is 0 Å². The second kappa shape index (κ2) is 5.53. The van der Waals surface area contributed by atoms with Crippen molar-refractivity contribution in [1.29, 1.82) is 0 Å². The van der Waals surface area contributed by atoms with Gasteiger partial charge in [-0.2, -0.15) is 0 Å². The summed E-state index contributed by atoms with van der Waals surface area (Å²) >= 11 is 1.54. The Hall–Kier alpha value is -2.21. The van der Waals surface area contributed by atoms with Crippen LogP contribution >= 0.6 is 11.3 Å². The Labute approximate surface area is 131 Å². The van der Waals surface area contributed by atoms with Crippen molar-refractivity contribution in [1.82, 2.24) is 14.6 Å². The monoisotopic (exact) mass is 314 g/mol. The summed E-state index contributed by atoms with van der Waals surface area (Å²) in [5.74, 6) is -0.240. The largest absolute Gasteiger partial charge is 0.357 e. The fraction of sp³-hybridized carbons (Fsp3) is 0.250. The minimum absolute atomic E-state index is 0.240. The van der Waals surface area contributed by atoms with Crippen molar-refractivity contribution in [3.05, 3.63) is 48.4 Å². The molecule has 1 unspecified atom stereocenters. The number of fused-ring (bicyclic) bond motifs is 1. The maximum atomic E-state index is 13.0. The van der Waals surface area contributed by atoms with Crippen molar-refractivity contribution in [2.24, 2.45) is 0 Å². The first-order chi connectivity index (χ1) is 10.8. The molecule has 0 radical (unpaired) electrons. The summed E-state index contributed by atoms with van der Waals surface area (Å²) in [6, 6.07) is 6.81. The highest BCUT2D eigenvalue weighted by Gasteiger charge is 2.14. The SMILES string of the molecule is Fc1ccc(-c2cn3nc(NC4CC=CCC4)sc3n2)cc1. The zero-order chi connectivity index (χ0) is 14.9. The number of imidazole rings is 1. The number of hydrogen-bond donors (Lipinski definition) is 1. The molecule has 112 valence electrons. The summed E-state index contributed by atoms with van der Waals surface area (Å²) in [5, 5.41) is 8.90. The van der Waals surface area contributed by atoms with E-state index >= 15 is 0 Å². The second-order valence-electron chi connectivity index (χ2n) is 5.39. The maximum absolute atomic E-state index is 13.0. The predicted octanol–water partition coefficient (Wildman–Crippen LogP) is 4.12. The van der Waals surface area contributed by atoms with Crippen LogP contribution in [0.4, 0.5) is 9.52 Å². The molecule has 1 atom stereocenters. The van der Waals surface area contributed by atoms with Gasteiger partial charge in [0.15, 0.2) is 0 Å². The number of nitrogens with one attached hydrogen (secondary N) is 1. The first-order valence-corrected chi connectivity index (χ1v) is 8.13. The lowest BCUT2D eigenvalue weighted by molar-refractivity contribution is 0.628. The number of rotatable bonds is 3. The van der Waals surface area contributed by atoms with E-state index in [2.05, 4.69) is 27.6 Å². The van der Waals surface area contributed by atoms with Crippen molar-refractivity contribution in [2.45, 2.75) is 25.3 Å². The minimum Gasteiger partial charge on any atom is -0.357 e. The first kappa shape index (κ1) is 13.5. The second-order valence-corrected chi connectivity index (χ2v) is 6.35. The number of allylic oxidation sites excluding steroid dienone is 1. The number of benzene rings is 1. The summed E-state index contributed by atoms with van der Waals surface area (Å²) < 4.78 is 14.8. The Balaban J connectivity index is 1.56. The number of anilines is 1. The van der Waals surface area contributed by atoms with Crippen molar-refractivity contribution in [3.8, 4) is 11.3 Å². The number of hydrogen-bond acceptors (Lipinski definition) is 4. The molecule has 1 N–H and O–H groups in total. The van der Waals surface area contributed by atoms with Crippen LogP contribution in [0.3, 0.4) is 0 Å². The lowest BCUT2D eigenvalue weighted by atomic mass is 10.0. The van der Waals surface area contributed by atoms with Gasteiger partial charge >= 0.3 is 0 Å². The van der Waals surface area contributed by atoms with Gasteiger partial charge in [-0.1, -0.05) is 23.5 Å². The molecule has 0 saturated heterocycles. The van der Waals surface area contributed by atoms with Gasteiger partial charge in [0, 0.05) is 11.6 Å². The highest BCUT2D eigenvalue weighted by molar-refractivity contribution is 7.20. The normalized spacial score (nSPS) is 18.0. The Kier molecular flexibility index (Phi) is 3.38. The molecule has 22 heavy (non-hydrogen) atoms. The molecule has 0 bridgehead atoms. The van der Waals surface area contributed by atoms with Gasteiger partial charge in [0.2, 0.25) is 10.1 Å². The van der Waals surface area contributed by atoms with Crippen LogP contribution in [0, 0.1) is 5.82 Å². The third kappa shape index (κ3) is 2.62. The van der Waals surface area contributed by atoms with Gasteiger partial charge in [-0.05, 0) is 43.5 Å². The van der Waals surface area contributed by atoms with E-state index in [0.717, 1.165) is 40.6 Å². The molecule has 6 heteroatoms. The molecule has 4 rings (SSSR count). The molecule has 1 aliphatic carbocycles. The Morgan fingerprint density at radius 1 is 1.23 bits per heavy atom. The minimum atomic E-state index is -0.240. The number of nitrogens with zero attached hydrogens (tertiary/aromatic N) is 3. The van der Waals surface area contributed by atoms with Gasteiger partial charge in [0.25, 0.3) is 0 Å². The molecule has 0 amide bonds. The summed E-state index contributed by atoms with van der Waals surface area (Å²) in [6.07, 6.45) is 9.62. The fourth-order valence-corrected chi connectivity index (χ4v) is 3.48. The van der Waals surface area contributed by atoms with Crippen LogP contribution in [0.25, 0.3) is 16.2 Å². The van der Waals surface area contributed by atoms with E-state index in [0.29, 0.717) is 6.04 Å². The van der Waals surface area contributed by atoms with Crippen LogP contribution in [0.15, 0.2) is 42.6 Å². The van der Waals surface area contributed by atoms with E-state index in [1.807, 2.05) is 6.20 Å². The molecule has 3 aromatic rings. The molecule has 4 nitrogen and oxygen atoms in total. The van der Waals surface area contributed by atoms with E-state index in [1.54, 1.807) is 28.0 Å². The van der Waals surface area contributed by atoms with Crippen LogP contribution in [0.5, 0.6) is 0 Å². The van der Waals surface area contributed by atoms with E-state index in [4.69, 9.17) is 0 Å². The van der Waals surface area contributed by atoms with E-state index < -0.39 is 0 Å². The molecule has 1 aliphatic rings. The van der Waals surface area contributed by atoms with Gasteiger partial charge in [-0.15, -0.1) is 5.10 Å². The predicted molar refractivity (Wildman–Crippen MR) is 86.7 cm³/mol. The highest BCUT2D eigenvalue weighted by Crippen LogP contribution is 2.26. The summed E-state index contributed by atoms with van der Waals surface area (Å²) in [5.41, 5.74) is 1.71. The highest BCUT2D eigenvalue weighted by atomic mass is 32.1. The molecule has 1 aromatic carbocycles. The van der Waals surface area contributed by atoms with Crippen molar-refractivity contribution in [2.75, 3.05) is 5.32 Å². The number of aromatic nitrogens is 3. The van der Waals surface area contributed by atoms with Gasteiger partial charge in [0.05, 0.1) is 11.9 Å². The fourth-order valence-electron chi connectivity index (χ4n) is 2.62. The first-order valence-electron chi connectivity index (χ1n) is 7.31. The molecule has 0 fully saturated rings. The molecule has 2 heterocycles. The standard InChI is InChI=1S/C16H15FN4S/c17-12-8-6-11(7-9-12)14-10-21-16(19-14)22-15(20-21)18-13-4-2-1-3-5-13/h1-2,6-10,13H,3-5H2,(H,18,20). The smallest absolute Gasteiger partial charge is 0.214 e. The van der Waals surface area contributed by atoms with E-state index in [-0.39, 0.29) is 5.82 Å². The lowest BCUT2D eigenvalue weighted by Gasteiger charge is -2.18. The Morgan fingerprint density at radius 3 is 2.82 bits per heavy atom. The van der Waals surface area contributed by atoms with Crippen LogP contribution in [-0.2, 0) is 0 Å². The third-order valence-corrected chi connectivity index (χ3v) is 4.63. The van der Waals surface area contributed by atoms with Gasteiger partial charge < -0.3 is 5.32 Å². The molecule has 0 spiro atoms. The van der Waals surface area contributed by atoms with Gasteiger partial charge in [0.1, 0.15) is 5.82 Å². The van der Waals surface area contributed by atoms with Crippen molar-refractivity contribution in [3.63, 3.8) is 0 Å². The van der Waals surface area contributed by atoms with Crippen LogP contribution < -0.4 is 5.32 Å². The number of halogens is 1. The Morgan fingerprint density at radius 2 is 2.09 bits per heavy atom. The zero-order valence-electron chi connectivity index (χ0n) is 11.9. The summed E-state index contributed by atoms with van der Waals surface area (Å²) in [7, 11) is 0. The molecular weight excluding hydrogens is 299 g/mol. The third-order valence-electron chi connectivity index (χ3n) is 3.78. The molecular formula is C16H15FN4S.